The molecular formula is C4H4N2O5. The molecule has 0 bridgehead atoms. The Hall–Kier alpha value is -1.76. The molecule has 0 spiro atoms. The number of aliphatic carboxylic acids is 1. The lowest BCUT2D eigenvalue weighted by Gasteiger charge is -2.09. The first-order valence-electron chi connectivity index (χ1n) is 2.50. The summed E-state index contributed by atoms with van der Waals surface area (Å²) in [5.41, 5.74) is 1.37. The van der Waals surface area contributed by atoms with Gasteiger partial charge in [0.25, 0.3) is 0 Å². The Kier molecular flexibility index (Phi) is 1.65. The zero-order chi connectivity index (χ0) is 8.43. The molecule has 1 amide bonds. The summed E-state index contributed by atoms with van der Waals surface area (Å²) in [5, 5.41) is 17.0. The second-order valence-corrected chi connectivity index (χ2v) is 1.64. The topological polar surface area (TPSA) is 99.1 Å². The van der Waals surface area contributed by atoms with E-state index in [4.69, 9.17) is 10.2 Å². The van der Waals surface area contributed by atoms with Crippen LogP contribution in [0.25, 0.3) is 0 Å². The summed E-state index contributed by atoms with van der Waals surface area (Å²) in [6.07, 6.45) is -0.660. The molecule has 0 aliphatic carbocycles. The van der Waals surface area contributed by atoms with Crippen molar-refractivity contribution in [2.45, 2.75) is 0 Å². The Balaban J connectivity index is 2.79. The number of hydrazine groups is 1. The van der Waals surface area contributed by atoms with Gasteiger partial charge in [-0.1, -0.05) is 5.59 Å². The van der Waals surface area contributed by atoms with Crippen molar-refractivity contribution < 1.29 is 24.6 Å². The maximum Gasteiger partial charge on any atom is 0.429 e. The van der Waals surface area contributed by atoms with Crippen LogP contribution >= 0.6 is 0 Å². The van der Waals surface area contributed by atoms with Crippen molar-refractivity contribution in [1.82, 2.24) is 10.6 Å². The molecule has 0 aromatic carbocycles. The first-order valence-corrected chi connectivity index (χ1v) is 2.50. The quantitative estimate of drug-likeness (QED) is 0.471. The van der Waals surface area contributed by atoms with Gasteiger partial charge in [-0.3, -0.25) is 0 Å². The molecule has 0 saturated carbocycles. The van der Waals surface area contributed by atoms with Crippen LogP contribution in [0.15, 0.2) is 12.0 Å². The number of carbonyl (C=O) groups is 2. The standard InChI is InChI=1S/C4H4N2O5/c7-3(8)2-1-11-5-6(2)4(9)10/h1,5H,(H,7,8)(H,9,10). The van der Waals surface area contributed by atoms with E-state index in [0.29, 0.717) is 5.01 Å². The van der Waals surface area contributed by atoms with Crippen LogP contribution in [0, 0.1) is 0 Å². The van der Waals surface area contributed by atoms with Crippen LogP contribution in [-0.4, -0.2) is 27.3 Å². The number of carboxylic acid groups (broad SMARTS) is 2. The van der Waals surface area contributed by atoms with E-state index in [1.807, 2.05) is 5.59 Å². The smallest absolute Gasteiger partial charge is 0.429 e. The monoisotopic (exact) mass is 160 g/mol. The second kappa shape index (κ2) is 2.46. The summed E-state index contributed by atoms with van der Waals surface area (Å²) in [7, 11) is 0. The molecule has 1 aliphatic heterocycles. The number of nitrogens with one attached hydrogen (secondary N) is 1. The minimum atomic E-state index is -1.45. The van der Waals surface area contributed by atoms with Crippen molar-refractivity contribution in [3.63, 3.8) is 0 Å². The number of nitrogens with zero attached hydrogens (tertiary/aromatic N) is 1. The fraction of sp³-hybridized carbons (Fsp3) is 0. The maximum atomic E-state index is 10.2. The van der Waals surface area contributed by atoms with E-state index >= 15 is 0 Å². The summed E-state index contributed by atoms with van der Waals surface area (Å²) >= 11 is 0. The predicted octanol–water partition coefficient (Wildman–Crippen LogP) is -0.658. The van der Waals surface area contributed by atoms with Crippen molar-refractivity contribution in [2.24, 2.45) is 0 Å². The van der Waals surface area contributed by atoms with Gasteiger partial charge in [-0.25, -0.2) is 9.59 Å². The Morgan fingerprint density at radius 1 is 1.55 bits per heavy atom. The van der Waals surface area contributed by atoms with Gasteiger partial charge in [0.15, 0.2) is 5.70 Å². The van der Waals surface area contributed by atoms with Gasteiger partial charge in [-0.05, 0) is 0 Å². The maximum absolute atomic E-state index is 10.2. The largest absolute Gasteiger partial charge is 0.476 e. The molecule has 0 saturated heterocycles. The van der Waals surface area contributed by atoms with Gasteiger partial charge >= 0.3 is 12.1 Å². The molecule has 60 valence electrons. The zero-order valence-corrected chi connectivity index (χ0v) is 5.14. The van der Waals surface area contributed by atoms with Crippen LogP contribution < -0.4 is 5.59 Å². The zero-order valence-electron chi connectivity index (χ0n) is 5.14. The Morgan fingerprint density at radius 2 is 2.18 bits per heavy atom. The van der Waals surface area contributed by atoms with Gasteiger partial charge < -0.3 is 15.1 Å². The number of hydrogen-bond donors (Lipinski definition) is 3. The van der Waals surface area contributed by atoms with Crippen molar-refractivity contribution >= 4 is 12.1 Å². The highest BCUT2D eigenvalue weighted by molar-refractivity contribution is 5.90. The van der Waals surface area contributed by atoms with Crippen molar-refractivity contribution in [3.8, 4) is 0 Å². The average molecular weight is 160 g/mol. The molecule has 11 heavy (non-hydrogen) atoms. The first-order chi connectivity index (χ1) is 5.13. The van der Waals surface area contributed by atoms with E-state index < -0.39 is 17.8 Å². The van der Waals surface area contributed by atoms with E-state index in [-0.39, 0.29) is 0 Å². The van der Waals surface area contributed by atoms with Gasteiger partial charge in [0, 0.05) is 0 Å². The molecule has 0 radical (unpaired) electrons. The molecule has 0 aromatic rings. The summed E-state index contributed by atoms with van der Waals surface area (Å²) in [4.78, 5) is 24.7. The molecule has 7 heteroatoms. The first kappa shape index (κ1) is 7.35. The van der Waals surface area contributed by atoms with Crippen LogP contribution in [0.3, 0.4) is 0 Å². The van der Waals surface area contributed by atoms with E-state index in [0.717, 1.165) is 6.26 Å². The summed E-state index contributed by atoms with van der Waals surface area (Å²) in [5.74, 6) is -1.38. The van der Waals surface area contributed by atoms with E-state index in [9.17, 15) is 9.59 Å². The van der Waals surface area contributed by atoms with Crippen LogP contribution in [-0.2, 0) is 9.63 Å². The van der Waals surface area contributed by atoms with Crippen molar-refractivity contribution in [2.75, 3.05) is 0 Å². The van der Waals surface area contributed by atoms with Crippen molar-refractivity contribution in [1.29, 1.82) is 0 Å². The van der Waals surface area contributed by atoms with Crippen LogP contribution in [0.2, 0.25) is 0 Å². The summed E-state index contributed by atoms with van der Waals surface area (Å²) in [6, 6.07) is 0. The van der Waals surface area contributed by atoms with E-state index in [1.165, 1.54) is 0 Å². The van der Waals surface area contributed by atoms with Gasteiger partial charge in [-0.15, -0.1) is 0 Å². The molecular weight excluding hydrogens is 156 g/mol. The van der Waals surface area contributed by atoms with Crippen LogP contribution in [0.1, 0.15) is 0 Å². The van der Waals surface area contributed by atoms with E-state index in [1.54, 1.807) is 0 Å². The summed E-state index contributed by atoms with van der Waals surface area (Å²) in [6.45, 7) is 0. The molecule has 0 atom stereocenters. The molecule has 0 unspecified atom stereocenters. The lowest BCUT2D eigenvalue weighted by Crippen LogP contribution is -2.37. The minimum Gasteiger partial charge on any atom is -0.476 e. The van der Waals surface area contributed by atoms with E-state index in [2.05, 4.69) is 4.84 Å². The molecule has 1 rings (SSSR count). The van der Waals surface area contributed by atoms with Gasteiger partial charge in [0.2, 0.25) is 0 Å². The van der Waals surface area contributed by atoms with Gasteiger partial charge in [0.05, 0.1) is 0 Å². The van der Waals surface area contributed by atoms with Crippen LogP contribution in [0.5, 0.6) is 0 Å². The Bertz CT molecular complexity index is 235. The minimum absolute atomic E-state index is 0.350. The molecule has 3 N–H and O–H groups in total. The third kappa shape index (κ3) is 1.22. The van der Waals surface area contributed by atoms with Crippen molar-refractivity contribution in [3.05, 3.63) is 12.0 Å². The average Bonchev–Trinajstić information content (AvgIpc) is 2.32. The number of amides is 1. The number of hydrogen-bond acceptors (Lipinski definition) is 4. The SMILES string of the molecule is O=C(O)C1=CONN1C(=O)O. The summed E-state index contributed by atoms with van der Waals surface area (Å²) < 4.78 is 0. The fourth-order valence-corrected chi connectivity index (χ4v) is 0.525. The molecule has 0 aromatic heterocycles. The highest BCUT2D eigenvalue weighted by Gasteiger charge is 2.28. The highest BCUT2D eigenvalue weighted by Crippen LogP contribution is 2.07. The third-order valence-corrected chi connectivity index (χ3v) is 0.966. The van der Waals surface area contributed by atoms with Crippen LogP contribution in [0.4, 0.5) is 4.79 Å². The fourth-order valence-electron chi connectivity index (χ4n) is 0.525. The Morgan fingerprint density at radius 3 is 2.55 bits per heavy atom. The Labute approximate surface area is 60.4 Å². The molecule has 1 heterocycles. The number of rotatable bonds is 1. The molecule has 1 aliphatic rings. The lowest BCUT2D eigenvalue weighted by molar-refractivity contribution is -0.134. The normalized spacial score (nSPS) is 15.6. The number of carboxylic acids is 1. The predicted molar refractivity (Wildman–Crippen MR) is 29.8 cm³/mol. The lowest BCUT2D eigenvalue weighted by atomic mass is 10.5. The highest BCUT2D eigenvalue weighted by atomic mass is 16.7. The van der Waals surface area contributed by atoms with Gasteiger partial charge in [-0.2, -0.15) is 5.01 Å². The second-order valence-electron chi connectivity index (χ2n) is 1.64. The molecule has 7 nitrogen and oxygen atoms in total. The molecule has 0 fully saturated rings. The third-order valence-electron chi connectivity index (χ3n) is 0.966. The van der Waals surface area contributed by atoms with Gasteiger partial charge in [0.1, 0.15) is 6.26 Å².